The van der Waals surface area contributed by atoms with Crippen LogP contribution in [0.1, 0.15) is 31.5 Å². The number of nitrogens with zero attached hydrogens (tertiary/aromatic N) is 2. The second-order valence-electron chi connectivity index (χ2n) is 4.54. The lowest BCUT2D eigenvalue weighted by molar-refractivity contribution is 0.295. The Hall–Kier alpha value is -1.81. The van der Waals surface area contributed by atoms with Crippen molar-refractivity contribution in [3.63, 3.8) is 0 Å². The van der Waals surface area contributed by atoms with E-state index in [-0.39, 0.29) is 6.04 Å². The molecule has 0 fully saturated rings. The van der Waals surface area contributed by atoms with E-state index < -0.39 is 0 Å². The van der Waals surface area contributed by atoms with Gasteiger partial charge in [0, 0.05) is 25.2 Å². The van der Waals surface area contributed by atoms with Crippen LogP contribution < -0.4 is 10.5 Å². The molecule has 0 radical (unpaired) electrons. The molecule has 2 rings (SSSR count). The van der Waals surface area contributed by atoms with Gasteiger partial charge in [0.1, 0.15) is 5.75 Å². The summed E-state index contributed by atoms with van der Waals surface area (Å²) in [6, 6.07) is 11.8. The maximum atomic E-state index is 6.19. The Balaban J connectivity index is 1.84. The topological polar surface area (TPSA) is 53.1 Å². The minimum Gasteiger partial charge on any atom is -0.494 e. The number of para-hydroxylation sites is 1. The Bertz CT molecular complexity index is 481. The SMILES string of the molecule is CCCn1nccc1C(N)CCOc1ccccc1. The molecule has 0 amide bonds. The van der Waals surface area contributed by atoms with Gasteiger partial charge in [-0.2, -0.15) is 5.10 Å². The van der Waals surface area contributed by atoms with Gasteiger partial charge in [-0.3, -0.25) is 4.68 Å². The fourth-order valence-corrected chi connectivity index (χ4v) is 2.02. The van der Waals surface area contributed by atoms with Gasteiger partial charge in [0.05, 0.1) is 12.3 Å². The maximum Gasteiger partial charge on any atom is 0.119 e. The molecule has 1 heterocycles. The molecule has 0 saturated carbocycles. The standard InChI is InChI=1S/C15H21N3O/c1-2-11-18-15(8-10-17-18)14(16)9-12-19-13-6-4-3-5-7-13/h3-8,10,14H,2,9,11-12,16H2,1H3. The number of aromatic nitrogens is 2. The molecule has 4 nitrogen and oxygen atoms in total. The zero-order valence-corrected chi connectivity index (χ0v) is 11.3. The highest BCUT2D eigenvalue weighted by molar-refractivity contribution is 5.20. The molecule has 0 aliphatic rings. The zero-order valence-electron chi connectivity index (χ0n) is 11.3. The maximum absolute atomic E-state index is 6.19. The van der Waals surface area contributed by atoms with E-state index in [2.05, 4.69) is 12.0 Å². The van der Waals surface area contributed by atoms with Crippen LogP contribution in [0.2, 0.25) is 0 Å². The van der Waals surface area contributed by atoms with Crippen molar-refractivity contribution in [2.75, 3.05) is 6.61 Å². The fraction of sp³-hybridized carbons (Fsp3) is 0.400. The minimum atomic E-state index is -0.0298. The Morgan fingerprint density at radius 2 is 2.05 bits per heavy atom. The smallest absolute Gasteiger partial charge is 0.119 e. The fourth-order valence-electron chi connectivity index (χ4n) is 2.02. The lowest BCUT2D eigenvalue weighted by Gasteiger charge is -2.14. The highest BCUT2D eigenvalue weighted by Crippen LogP contribution is 2.15. The molecule has 19 heavy (non-hydrogen) atoms. The third kappa shape index (κ3) is 3.83. The van der Waals surface area contributed by atoms with E-state index in [1.54, 1.807) is 0 Å². The molecule has 2 N–H and O–H groups in total. The molecule has 2 aromatic rings. The van der Waals surface area contributed by atoms with Crippen LogP contribution in [-0.4, -0.2) is 16.4 Å². The van der Waals surface area contributed by atoms with E-state index in [1.807, 2.05) is 47.3 Å². The van der Waals surface area contributed by atoms with E-state index in [0.717, 1.165) is 30.8 Å². The third-order valence-electron chi connectivity index (χ3n) is 3.01. The first kappa shape index (κ1) is 13.6. The van der Waals surface area contributed by atoms with Gasteiger partial charge in [0.2, 0.25) is 0 Å². The van der Waals surface area contributed by atoms with Crippen LogP contribution in [0.25, 0.3) is 0 Å². The second-order valence-corrected chi connectivity index (χ2v) is 4.54. The molecular weight excluding hydrogens is 238 g/mol. The predicted molar refractivity (Wildman–Crippen MR) is 76.0 cm³/mol. The molecule has 1 unspecified atom stereocenters. The summed E-state index contributed by atoms with van der Waals surface area (Å²) in [5.74, 6) is 0.886. The summed E-state index contributed by atoms with van der Waals surface area (Å²) in [6.45, 7) is 3.66. The van der Waals surface area contributed by atoms with E-state index in [4.69, 9.17) is 10.5 Å². The van der Waals surface area contributed by atoms with Crippen molar-refractivity contribution in [3.05, 3.63) is 48.3 Å². The summed E-state index contributed by atoms with van der Waals surface area (Å²) in [7, 11) is 0. The second kappa shape index (κ2) is 6.95. The number of rotatable bonds is 7. The van der Waals surface area contributed by atoms with E-state index in [9.17, 15) is 0 Å². The van der Waals surface area contributed by atoms with Gasteiger partial charge < -0.3 is 10.5 Å². The average Bonchev–Trinajstić information content (AvgIpc) is 2.89. The van der Waals surface area contributed by atoms with Crippen molar-refractivity contribution < 1.29 is 4.74 Å². The van der Waals surface area contributed by atoms with Crippen LogP contribution in [0.4, 0.5) is 0 Å². The van der Waals surface area contributed by atoms with Crippen molar-refractivity contribution in [3.8, 4) is 5.75 Å². The summed E-state index contributed by atoms with van der Waals surface area (Å²) in [4.78, 5) is 0. The van der Waals surface area contributed by atoms with Crippen molar-refractivity contribution in [1.82, 2.24) is 9.78 Å². The van der Waals surface area contributed by atoms with Crippen molar-refractivity contribution >= 4 is 0 Å². The zero-order chi connectivity index (χ0) is 13.5. The summed E-state index contributed by atoms with van der Waals surface area (Å²) in [5, 5.41) is 4.29. The van der Waals surface area contributed by atoms with Crippen LogP contribution in [-0.2, 0) is 6.54 Å². The largest absolute Gasteiger partial charge is 0.494 e. The lowest BCUT2D eigenvalue weighted by Crippen LogP contribution is -2.18. The van der Waals surface area contributed by atoms with Gasteiger partial charge in [-0.1, -0.05) is 25.1 Å². The number of hydrogen-bond acceptors (Lipinski definition) is 3. The molecule has 0 aliphatic heterocycles. The Morgan fingerprint density at radius 1 is 1.26 bits per heavy atom. The molecule has 0 saturated heterocycles. The number of nitrogens with two attached hydrogens (primary N) is 1. The molecular formula is C15H21N3O. The molecule has 0 bridgehead atoms. The molecule has 0 spiro atoms. The first-order valence-electron chi connectivity index (χ1n) is 6.76. The number of aryl methyl sites for hydroxylation is 1. The number of ether oxygens (including phenoxy) is 1. The minimum absolute atomic E-state index is 0.0298. The average molecular weight is 259 g/mol. The van der Waals surface area contributed by atoms with Crippen molar-refractivity contribution in [2.45, 2.75) is 32.4 Å². The molecule has 102 valence electrons. The van der Waals surface area contributed by atoms with Gasteiger partial charge in [0.25, 0.3) is 0 Å². The Morgan fingerprint density at radius 3 is 2.79 bits per heavy atom. The summed E-state index contributed by atoms with van der Waals surface area (Å²) in [6.07, 6.45) is 3.65. The van der Waals surface area contributed by atoms with E-state index in [0.29, 0.717) is 6.61 Å². The number of benzene rings is 1. The lowest BCUT2D eigenvalue weighted by atomic mass is 10.1. The summed E-state index contributed by atoms with van der Waals surface area (Å²) < 4.78 is 7.64. The number of hydrogen-bond donors (Lipinski definition) is 1. The highest BCUT2D eigenvalue weighted by atomic mass is 16.5. The van der Waals surface area contributed by atoms with Crippen LogP contribution in [0, 0.1) is 0 Å². The molecule has 1 aromatic heterocycles. The first-order chi connectivity index (χ1) is 9.31. The van der Waals surface area contributed by atoms with Gasteiger partial charge >= 0.3 is 0 Å². The predicted octanol–water partition coefficient (Wildman–Crippen LogP) is 2.76. The van der Waals surface area contributed by atoms with Crippen LogP contribution >= 0.6 is 0 Å². The normalized spacial score (nSPS) is 12.3. The van der Waals surface area contributed by atoms with E-state index >= 15 is 0 Å². The highest BCUT2D eigenvalue weighted by Gasteiger charge is 2.11. The van der Waals surface area contributed by atoms with Gasteiger partial charge in [-0.15, -0.1) is 0 Å². The van der Waals surface area contributed by atoms with E-state index in [1.165, 1.54) is 0 Å². The summed E-state index contributed by atoms with van der Waals surface area (Å²) >= 11 is 0. The Kier molecular flexibility index (Phi) is 4.98. The van der Waals surface area contributed by atoms with Crippen LogP contribution in [0.15, 0.2) is 42.6 Å². The monoisotopic (exact) mass is 259 g/mol. The molecule has 1 atom stereocenters. The third-order valence-corrected chi connectivity index (χ3v) is 3.01. The molecule has 1 aromatic carbocycles. The van der Waals surface area contributed by atoms with Crippen LogP contribution in [0.3, 0.4) is 0 Å². The Labute approximate surface area is 114 Å². The van der Waals surface area contributed by atoms with Crippen LogP contribution in [0.5, 0.6) is 5.75 Å². The summed E-state index contributed by atoms with van der Waals surface area (Å²) in [5.41, 5.74) is 7.28. The quantitative estimate of drug-likeness (QED) is 0.831. The van der Waals surface area contributed by atoms with Gasteiger partial charge in [0.15, 0.2) is 0 Å². The molecule has 4 heteroatoms. The van der Waals surface area contributed by atoms with Gasteiger partial charge in [-0.25, -0.2) is 0 Å². The van der Waals surface area contributed by atoms with Crippen molar-refractivity contribution in [1.29, 1.82) is 0 Å². The first-order valence-corrected chi connectivity index (χ1v) is 6.76. The van der Waals surface area contributed by atoms with Gasteiger partial charge in [-0.05, 0) is 24.6 Å². The molecule has 0 aliphatic carbocycles. The van der Waals surface area contributed by atoms with Crippen molar-refractivity contribution in [2.24, 2.45) is 5.73 Å².